The third-order valence-electron chi connectivity index (χ3n) is 2.91. The van der Waals surface area contributed by atoms with Crippen molar-refractivity contribution in [3.8, 4) is 5.75 Å². The summed E-state index contributed by atoms with van der Waals surface area (Å²) in [5.41, 5.74) is 1.28. The Morgan fingerprint density at radius 1 is 1.28 bits per heavy atom. The van der Waals surface area contributed by atoms with E-state index in [0.29, 0.717) is 12.6 Å². The molecule has 0 aliphatic carbocycles. The van der Waals surface area contributed by atoms with E-state index in [9.17, 15) is 0 Å². The molecule has 0 saturated carbocycles. The van der Waals surface area contributed by atoms with Crippen molar-refractivity contribution in [3.05, 3.63) is 42.5 Å². The van der Waals surface area contributed by atoms with Crippen molar-refractivity contribution < 1.29 is 4.74 Å². The van der Waals surface area contributed by atoms with Crippen molar-refractivity contribution in [1.82, 2.24) is 5.32 Å². The standard InChI is InChI=1S/C16H25NO/c1-4-11-17-15(12-14(3)5-2)13-18-16-9-7-6-8-10-16/h6-10,15,17H,3-5,11-13H2,1-2H3. The Hall–Kier alpha value is -1.28. The van der Waals surface area contributed by atoms with Gasteiger partial charge in [0, 0.05) is 6.04 Å². The molecule has 0 saturated heterocycles. The summed E-state index contributed by atoms with van der Waals surface area (Å²) in [6.45, 7) is 10.1. The quantitative estimate of drug-likeness (QED) is 0.670. The molecular weight excluding hydrogens is 222 g/mol. The average molecular weight is 247 g/mol. The van der Waals surface area contributed by atoms with E-state index in [4.69, 9.17) is 4.74 Å². The van der Waals surface area contributed by atoms with E-state index in [1.54, 1.807) is 0 Å². The fourth-order valence-electron chi connectivity index (χ4n) is 1.74. The molecule has 1 aromatic carbocycles. The number of hydrogen-bond acceptors (Lipinski definition) is 2. The van der Waals surface area contributed by atoms with Crippen molar-refractivity contribution in [2.45, 2.75) is 39.2 Å². The third kappa shape index (κ3) is 5.87. The van der Waals surface area contributed by atoms with Gasteiger partial charge in [0.2, 0.25) is 0 Å². The summed E-state index contributed by atoms with van der Waals surface area (Å²) in [7, 11) is 0. The minimum absolute atomic E-state index is 0.359. The molecule has 0 aliphatic rings. The first kappa shape index (κ1) is 14.8. The molecule has 0 aliphatic heterocycles. The van der Waals surface area contributed by atoms with Crippen molar-refractivity contribution in [2.75, 3.05) is 13.2 Å². The highest BCUT2D eigenvalue weighted by Crippen LogP contribution is 2.12. The van der Waals surface area contributed by atoms with Crippen LogP contribution in [-0.2, 0) is 0 Å². The van der Waals surface area contributed by atoms with Crippen LogP contribution in [0.4, 0.5) is 0 Å². The number of nitrogens with one attached hydrogen (secondary N) is 1. The second kappa shape index (κ2) is 8.76. The first-order valence-corrected chi connectivity index (χ1v) is 6.84. The molecule has 1 unspecified atom stereocenters. The smallest absolute Gasteiger partial charge is 0.119 e. The SMILES string of the molecule is C=C(CC)CC(COc1ccccc1)NCCC. The Morgan fingerprint density at radius 3 is 2.61 bits per heavy atom. The topological polar surface area (TPSA) is 21.3 Å². The molecule has 1 aromatic rings. The largest absolute Gasteiger partial charge is 0.492 e. The first-order valence-electron chi connectivity index (χ1n) is 6.84. The van der Waals surface area contributed by atoms with Crippen LogP contribution in [0.5, 0.6) is 5.75 Å². The molecule has 0 amide bonds. The van der Waals surface area contributed by atoms with E-state index in [1.807, 2.05) is 30.3 Å². The molecule has 2 heteroatoms. The van der Waals surface area contributed by atoms with E-state index in [2.05, 4.69) is 25.7 Å². The summed E-state index contributed by atoms with van der Waals surface area (Å²) < 4.78 is 5.81. The fraction of sp³-hybridized carbons (Fsp3) is 0.500. The van der Waals surface area contributed by atoms with Crippen LogP contribution in [0.15, 0.2) is 42.5 Å². The molecule has 1 atom stereocenters. The lowest BCUT2D eigenvalue weighted by molar-refractivity contribution is 0.262. The molecule has 100 valence electrons. The first-order chi connectivity index (χ1) is 8.76. The monoisotopic (exact) mass is 247 g/mol. The summed E-state index contributed by atoms with van der Waals surface area (Å²) >= 11 is 0. The number of para-hydroxylation sites is 1. The van der Waals surface area contributed by atoms with Gasteiger partial charge in [-0.15, -0.1) is 0 Å². The van der Waals surface area contributed by atoms with Gasteiger partial charge in [0.15, 0.2) is 0 Å². The molecule has 0 bridgehead atoms. The third-order valence-corrected chi connectivity index (χ3v) is 2.91. The summed E-state index contributed by atoms with van der Waals surface area (Å²) in [4.78, 5) is 0. The minimum Gasteiger partial charge on any atom is -0.492 e. The summed E-state index contributed by atoms with van der Waals surface area (Å²) in [6, 6.07) is 10.3. The second-order valence-electron chi connectivity index (χ2n) is 4.58. The summed E-state index contributed by atoms with van der Waals surface area (Å²) in [6.07, 6.45) is 3.17. The number of benzene rings is 1. The molecule has 0 radical (unpaired) electrons. The maximum absolute atomic E-state index is 5.81. The van der Waals surface area contributed by atoms with Gasteiger partial charge in [-0.2, -0.15) is 0 Å². The van der Waals surface area contributed by atoms with Crippen LogP contribution in [0.2, 0.25) is 0 Å². The van der Waals surface area contributed by atoms with E-state index in [1.165, 1.54) is 5.57 Å². The van der Waals surface area contributed by atoms with E-state index < -0.39 is 0 Å². The lowest BCUT2D eigenvalue weighted by atomic mass is 10.1. The van der Waals surface area contributed by atoms with Crippen LogP contribution in [0.25, 0.3) is 0 Å². The maximum Gasteiger partial charge on any atom is 0.119 e. The highest BCUT2D eigenvalue weighted by atomic mass is 16.5. The molecule has 1 rings (SSSR count). The Kier molecular flexibility index (Phi) is 7.19. The number of ether oxygens (including phenoxy) is 1. The van der Waals surface area contributed by atoms with Crippen LogP contribution in [-0.4, -0.2) is 19.2 Å². The van der Waals surface area contributed by atoms with Crippen LogP contribution < -0.4 is 10.1 Å². The molecule has 18 heavy (non-hydrogen) atoms. The second-order valence-corrected chi connectivity index (χ2v) is 4.58. The Morgan fingerprint density at radius 2 is 2.00 bits per heavy atom. The van der Waals surface area contributed by atoms with Gasteiger partial charge in [-0.05, 0) is 37.9 Å². The zero-order valence-electron chi connectivity index (χ0n) is 11.6. The molecular formula is C16H25NO. The lowest BCUT2D eigenvalue weighted by Gasteiger charge is -2.20. The molecule has 0 aromatic heterocycles. The highest BCUT2D eigenvalue weighted by Gasteiger charge is 2.09. The zero-order chi connectivity index (χ0) is 13.2. The number of hydrogen-bond donors (Lipinski definition) is 1. The maximum atomic E-state index is 5.81. The van der Waals surface area contributed by atoms with Crippen LogP contribution in [0.3, 0.4) is 0 Å². The zero-order valence-corrected chi connectivity index (χ0v) is 11.6. The van der Waals surface area contributed by atoms with E-state index in [0.717, 1.165) is 31.6 Å². The van der Waals surface area contributed by atoms with Gasteiger partial charge in [-0.3, -0.25) is 0 Å². The van der Waals surface area contributed by atoms with Gasteiger partial charge in [-0.25, -0.2) is 0 Å². The van der Waals surface area contributed by atoms with Gasteiger partial charge < -0.3 is 10.1 Å². The minimum atomic E-state index is 0.359. The van der Waals surface area contributed by atoms with Gasteiger partial charge in [-0.1, -0.05) is 44.2 Å². The lowest BCUT2D eigenvalue weighted by Crippen LogP contribution is -2.35. The van der Waals surface area contributed by atoms with Crippen molar-refractivity contribution >= 4 is 0 Å². The Balaban J connectivity index is 2.42. The highest BCUT2D eigenvalue weighted by molar-refractivity contribution is 5.21. The van der Waals surface area contributed by atoms with Crippen LogP contribution >= 0.6 is 0 Å². The van der Waals surface area contributed by atoms with Crippen LogP contribution in [0, 0.1) is 0 Å². The summed E-state index contributed by atoms with van der Waals surface area (Å²) in [5, 5.41) is 3.52. The van der Waals surface area contributed by atoms with E-state index >= 15 is 0 Å². The Labute approximate surface area is 111 Å². The van der Waals surface area contributed by atoms with Crippen molar-refractivity contribution in [1.29, 1.82) is 0 Å². The number of rotatable bonds is 9. The predicted molar refractivity (Wildman–Crippen MR) is 78.1 cm³/mol. The molecule has 0 heterocycles. The van der Waals surface area contributed by atoms with Crippen molar-refractivity contribution in [3.63, 3.8) is 0 Å². The van der Waals surface area contributed by atoms with Gasteiger partial charge in [0.25, 0.3) is 0 Å². The normalized spacial score (nSPS) is 12.1. The van der Waals surface area contributed by atoms with Gasteiger partial charge in [0.05, 0.1) is 0 Å². The molecule has 0 fully saturated rings. The molecule has 1 N–H and O–H groups in total. The average Bonchev–Trinajstić information content (AvgIpc) is 2.42. The van der Waals surface area contributed by atoms with Gasteiger partial charge >= 0.3 is 0 Å². The summed E-state index contributed by atoms with van der Waals surface area (Å²) in [5.74, 6) is 0.933. The van der Waals surface area contributed by atoms with Crippen molar-refractivity contribution in [2.24, 2.45) is 0 Å². The van der Waals surface area contributed by atoms with Gasteiger partial charge in [0.1, 0.15) is 12.4 Å². The Bertz CT molecular complexity index is 334. The molecule has 2 nitrogen and oxygen atoms in total. The fourth-order valence-corrected chi connectivity index (χ4v) is 1.74. The molecule has 0 spiro atoms. The van der Waals surface area contributed by atoms with Crippen LogP contribution in [0.1, 0.15) is 33.1 Å². The predicted octanol–water partition coefficient (Wildman–Crippen LogP) is 3.79. The van der Waals surface area contributed by atoms with E-state index in [-0.39, 0.29) is 0 Å².